The van der Waals surface area contributed by atoms with E-state index in [1.807, 2.05) is 6.92 Å². The Hall–Kier alpha value is -1.31. The van der Waals surface area contributed by atoms with Crippen molar-refractivity contribution in [2.75, 3.05) is 6.61 Å². The van der Waals surface area contributed by atoms with Gasteiger partial charge in [-0.3, -0.25) is 4.79 Å². The van der Waals surface area contributed by atoms with Gasteiger partial charge in [0, 0.05) is 0 Å². The minimum Gasteiger partial charge on any atom is -0.466 e. The first-order chi connectivity index (χ1) is 7.81. The number of hydrogen-bond acceptors (Lipinski definition) is 2. The first kappa shape index (κ1) is 9.88. The van der Waals surface area contributed by atoms with Crippen LogP contribution in [-0.2, 0) is 22.4 Å². The Balaban J connectivity index is 1.75. The summed E-state index contributed by atoms with van der Waals surface area (Å²) in [5, 5.41) is 0. The molecule has 2 aliphatic rings. The molecule has 0 radical (unpaired) electrons. The molecule has 0 saturated heterocycles. The van der Waals surface area contributed by atoms with Crippen molar-refractivity contribution < 1.29 is 9.53 Å². The van der Waals surface area contributed by atoms with Crippen LogP contribution >= 0.6 is 0 Å². The van der Waals surface area contributed by atoms with Crippen LogP contribution < -0.4 is 0 Å². The fraction of sp³-hybridized carbons (Fsp3) is 0.500. The molecule has 0 amide bonds. The molecule has 0 aromatic heterocycles. The van der Waals surface area contributed by atoms with Gasteiger partial charge in [0.25, 0.3) is 0 Å². The monoisotopic (exact) mass is 216 g/mol. The van der Waals surface area contributed by atoms with Crippen molar-refractivity contribution in [2.45, 2.75) is 19.8 Å². The highest BCUT2D eigenvalue weighted by Gasteiger charge is 2.56. The SMILES string of the molecule is CCOC(=O)C1[C@@H]2Cc3ccccc3C[C@@H]12. The molecule has 2 heteroatoms. The number of benzene rings is 1. The summed E-state index contributed by atoms with van der Waals surface area (Å²) in [6, 6.07) is 8.54. The van der Waals surface area contributed by atoms with Crippen molar-refractivity contribution >= 4 is 5.97 Å². The summed E-state index contributed by atoms with van der Waals surface area (Å²) in [5.74, 6) is 1.29. The fourth-order valence-electron chi connectivity index (χ4n) is 3.05. The van der Waals surface area contributed by atoms with Gasteiger partial charge in [-0.25, -0.2) is 0 Å². The van der Waals surface area contributed by atoms with Crippen LogP contribution in [-0.4, -0.2) is 12.6 Å². The van der Waals surface area contributed by atoms with Crippen molar-refractivity contribution in [3.63, 3.8) is 0 Å². The minimum atomic E-state index is 0.0188. The van der Waals surface area contributed by atoms with E-state index in [1.165, 1.54) is 11.1 Å². The zero-order valence-corrected chi connectivity index (χ0v) is 9.48. The first-order valence-electron chi connectivity index (χ1n) is 6.04. The van der Waals surface area contributed by atoms with E-state index in [9.17, 15) is 4.79 Å². The Kier molecular flexibility index (Phi) is 2.23. The van der Waals surface area contributed by atoms with Gasteiger partial charge >= 0.3 is 5.97 Å². The lowest BCUT2D eigenvalue weighted by Crippen LogP contribution is -2.08. The molecule has 1 saturated carbocycles. The van der Waals surface area contributed by atoms with Gasteiger partial charge in [-0.1, -0.05) is 24.3 Å². The molecule has 1 aromatic carbocycles. The average molecular weight is 216 g/mol. The van der Waals surface area contributed by atoms with Crippen molar-refractivity contribution in [3.05, 3.63) is 35.4 Å². The highest BCUT2D eigenvalue weighted by Crippen LogP contribution is 2.54. The number of fused-ring (bicyclic) bond motifs is 2. The maximum absolute atomic E-state index is 11.7. The van der Waals surface area contributed by atoms with E-state index < -0.39 is 0 Å². The largest absolute Gasteiger partial charge is 0.466 e. The Labute approximate surface area is 95.6 Å². The highest BCUT2D eigenvalue weighted by atomic mass is 16.5. The molecule has 84 valence electrons. The quantitative estimate of drug-likeness (QED) is 0.708. The molecule has 0 N–H and O–H groups in total. The topological polar surface area (TPSA) is 26.3 Å². The minimum absolute atomic E-state index is 0.0188. The number of rotatable bonds is 2. The van der Waals surface area contributed by atoms with E-state index in [0.717, 1.165) is 12.8 Å². The number of ether oxygens (including phenoxy) is 1. The summed E-state index contributed by atoms with van der Waals surface area (Å²) < 4.78 is 5.12. The van der Waals surface area contributed by atoms with Gasteiger partial charge < -0.3 is 4.74 Å². The van der Waals surface area contributed by atoms with Gasteiger partial charge in [0.05, 0.1) is 12.5 Å². The smallest absolute Gasteiger partial charge is 0.309 e. The molecule has 0 unspecified atom stereocenters. The second-order valence-electron chi connectivity index (χ2n) is 4.78. The Bertz CT molecular complexity index is 393. The van der Waals surface area contributed by atoms with Crippen LogP contribution in [0.25, 0.3) is 0 Å². The van der Waals surface area contributed by atoms with Crippen molar-refractivity contribution in [2.24, 2.45) is 17.8 Å². The van der Waals surface area contributed by atoms with Gasteiger partial charge in [0.2, 0.25) is 0 Å². The summed E-state index contributed by atoms with van der Waals surface area (Å²) in [6.07, 6.45) is 2.12. The summed E-state index contributed by atoms with van der Waals surface area (Å²) in [4.78, 5) is 11.7. The molecular weight excluding hydrogens is 200 g/mol. The van der Waals surface area contributed by atoms with Crippen LogP contribution in [0, 0.1) is 17.8 Å². The molecule has 0 heterocycles. The van der Waals surface area contributed by atoms with Gasteiger partial charge in [-0.2, -0.15) is 0 Å². The summed E-state index contributed by atoms with van der Waals surface area (Å²) in [6.45, 7) is 2.38. The summed E-state index contributed by atoms with van der Waals surface area (Å²) in [5.41, 5.74) is 2.85. The molecule has 1 aromatic rings. The third kappa shape index (κ3) is 1.44. The van der Waals surface area contributed by atoms with Gasteiger partial charge in [0.1, 0.15) is 0 Å². The Morgan fingerprint density at radius 1 is 1.25 bits per heavy atom. The van der Waals surface area contributed by atoms with Crippen LogP contribution in [0.5, 0.6) is 0 Å². The number of hydrogen-bond donors (Lipinski definition) is 0. The van der Waals surface area contributed by atoms with Crippen LogP contribution in [0.4, 0.5) is 0 Å². The standard InChI is InChI=1S/C14H16O2/c1-2-16-14(15)13-11-7-9-5-3-4-6-10(9)8-12(11)13/h3-6,11-13H,2,7-8H2,1H3/t11-,12-/m1/s1. The maximum atomic E-state index is 11.7. The van der Waals surface area contributed by atoms with E-state index in [2.05, 4.69) is 24.3 Å². The molecule has 3 rings (SSSR count). The van der Waals surface area contributed by atoms with Crippen LogP contribution in [0.2, 0.25) is 0 Å². The lowest BCUT2D eigenvalue weighted by Gasteiger charge is -2.13. The normalized spacial score (nSPS) is 30.2. The molecule has 2 nitrogen and oxygen atoms in total. The molecule has 0 aliphatic heterocycles. The van der Waals surface area contributed by atoms with E-state index >= 15 is 0 Å². The molecule has 1 fully saturated rings. The third-order valence-corrected chi connectivity index (χ3v) is 3.92. The lowest BCUT2D eigenvalue weighted by atomic mass is 9.92. The van der Waals surface area contributed by atoms with Gasteiger partial charge in [0.15, 0.2) is 0 Å². The first-order valence-corrected chi connectivity index (χ1v) is 6.04. The van der Waals surface area contributed by atoms with E-state index in [4.69, 9.17) is 4.74 Å². The van der Waals surface area contributed by atoms with Gasteiger partial charge in [-0.15, -0.1) is 0 Å². The summed E-state index contributed by atoms with van der Waals surface area (Å²) >= 11 is 0. The molecule has 2 aliphatic carbocycles. The number of carbonyl (C=O) groups is 1. The van der Waals surface area contributed by atoms with Crippen molar-refractivity contribution in [1.29, 1.82) is 0 Å². The Morgan fingerprint density at radius 3 is 2.31 bits per heavy atom. The second kappa shape index (κ2) is 3.62. The lowest BCUT2D eigenvalue weighted by molar-refractivity contribution is -0.145. The van der Waals surface area contributed by atoms with Crippen molar-refractivity contribution in [3.8, 4) is 0 Å². The Morgan fingerprint density at radius 2 is 1.81 bits per heavy atom. The van der Waals surface area contributed by atoms with E-state index in [0.29, 0.717) is 18.4 Å². The predicted octanol–water partition coefficient (Wildman–Crippen LogP) is 2.21. The maximum Gasteiger partial charge on any atom is 0.309 e. The zero-order valence-electron chi connectivity index (χ0n) is 9.48. The molecule has 16 heavy (non-hydrogen) atoms. The second-order valence-corrected chi connectivity index (χ2v) is 4.78. The van der Waals surface area contributed by atoms with Crippen LogP contribution in [0.1, 0.15) is 18.1 Å². The molecule has 2 atom stereocenters. The fourth-order valence-corrected chi connectivity index (χ4v) is 3.05. The van der Waals surface area contributed by atoms with E-state index in [1.54, 1.807) is 0 Å². The molecular formula is C14H16O2. The van der Waals surface area contributed by atoms with Crippen LogP contribution in [0.3, 0.4) is 0 Å². The van der Waals surface area contributed by atoms with Crippen molar-refractivity contribution in [1.82, 2.24) is 0 Å². The van der Waals surface area contributed by atoms with Crippen LogP contribution in [0.15, 0.2) is 24.3 Å². The third-order valence-electron chi connectivity index (χ3n) is 3.92. The van der Waals surface area contributed by atoms with E-state index in [-0.39, 0.29) is 11.9 Å². The molecule has 0 bridgehead atoms. The highest BCUT2D eigenvalue weighted by molar-refractivity contribution is 5.77. The number of carbonyl (C=O) groups excluding carboxylic acids is 1. The average Bonchev–Trinajstić information content (AvgIpc) is 2.99. The molecule has 0 spiro atoms. The van der Waals surface area contributed by atoms with Gasteiger partial charge in [-0.05, 0) is 42.7 Å². The number of esters is 1. The summed E-state index contributed by atoms with van der Waals surface area (Å²) in [7, 11) is 0. The predicted molar refractivity (Wildman–Crippen MR) is 61.0 cm³/mol. The zero-order chi connectivity index (χ0) is 11.1.